The molecule has 6 nitrogen and oxygen atoms in total. The maximum Gasteiger partial charge on any atom is 0.335 e. The van der Waals surface area contributed by atoms with Gasteiger partial charge in [0.2, 0.25) is 11.8 Å². The maximum absolute atomic E-state index is 13.2. The van der Waals surface area contributed by atoms with Crippen molar-refractivity contribution < 1.29 is 19.5 Å². The van der Waals surface area contributed by atoms with Gasteiger partial charge in [0.15, 0.2) is 0 Å². The summed E-state index contributed by atoms with van der Waals surface area (Å²) in [6.45, 7) is 6.04. The highest BCUT2D eigenvalue weighted by Gasteiger charge is 2.23. The maximum atomic E-state index is 13.2. The number of thioether (sulfide) groups is 1. The zero-order chi connectivity index (χ0) is 24.7. The summed E-state index contributed by atoms with van der Waals surface area (Å²) in [5.74, 6) is -1.36. The van der Waals surface area contributed by atoms with E-state index in [2.05, 4.69) is 10.6 Å². The normalized spacial score (nSPS) is 12.0. The van der Waals surface area contributed by atoms with E-state index in [1.54, 1.807) is 12.1 Å². The highest BCUT2D eigenvalue weighted by atomic mass is 32.2. The van der Waals surface area contributed by atoms with Gasteiger partial charge in [-0.1, -0.05) is 57.2 Å². The number of carbonyl (C=O) groups is 3. The number of benzene rings is 3. The lowest BCUT2D eigenvalue weighted by Crippen LogP contribution is -2.19. The molecule has 2 amide bonds. The van der Waals surface area contributed by atoms with Crippen molar-refractivity contribution in [3.63, 3.8) is 0 Å². The molecule has 0 aliphatic carbocycles. The van der Waals surface area contributed by atoms with Gasteiger partial charge >= 0.3 is 5.97 Å². The smallest absolute Gasteiger partial charge is 0.335 e. The zero-order valence-electron chi connectivity index (χ0n) is 19.4. The van der Waals surface area contributed by atoms with E-state index < -0.39 is 11.2 Å². The van der Waals surface area contributed by atoms with Gasteiger partial charge in [0, 0.05) is 22.7 Å². The Morgan fingerprint density at radius 1 is 0.853 bits per heavy atom. The second kappa shape index (κ2) is 11.0. The van der Waals surface area contributed by atoms with E-state index in [4.69, 9.17) is 0 Å². The highest BCUT2D eigenvalue weighted by Crippen LogP contribution is 2.37. The number of nitrogens with one attached hydrogen (secondary N) is 2. The van der Waals surface area contributed by atoms with Crippen LogP contribution in [-0.4, -0.2) is 22.9 Å². The van der Waals surface area contributed by atoms with Crippen molar-refractivity contribution in [3.8, 4) is 0 Å². The van der Waals surface area contributed by atoms with Crippen molar-refractivity contribution in [3.05, 3.63) is 90.0 Å². The lowest BCUT2D eigenvalue weighted by molar-refractivity contribution is -0.118. The molecule has 0 saturated carbocycles. The molecular weight excluding hydrogens is 448 g/mol. The lowest BCUT2D eigenvalue weighted by atomic mass is 9.92. The molecule has 3 rings (SSSR count). The Kier molecular flexibility index (Phi) is 8.12. The highest BCUT2D eigenvalue weighted by molar-refractivity contribution is 8.00. The first-order valence-corrected chi connectivity index (χ1v) is 11.7. The van der Waals surface area contributed by atoms with Crippen LogP contribution in [0.2, 0.25) is 0 Å². The molecule has 34 heavy (non-hydrogen) atoms. The topological polar surface area (TPSA) is 95.5 Å². The van der Waals surface area contributed by atoms with E-state index in [-0.39, 0.29) is 22.8 Å². The van der Waals surface area contributed by atoms with Gasteiger partial charge in [0.05, 0.1) is 5.56 Å². The molecule has 3 N–H and O–H groups in total. The average Bonchev–Trinajstić information content (AvgIpc) is 2.78. The molecule has 3 aromatic carbocycles. The van der Waals surface area contributed by atoms with Crippen LogP contribution in [0.25, 0.3) is 0 Å². The number of aromatic carboxylic acids is 1. The molecule has 1 unspecified atom stereocenters. The quantitative estimate of drug-likeness (QED) is 0.335. The summed E-state index contributed by atoms with van der Waals surface area (Å²) in [5.41, 5.74) is 1.95. The van der Waals surface area contributed by atoms with Crippen LogP contribution < -0.4 is 10.6 Å². The van der Waals surface area contributed by atoms with Crippen LogP contribution in [0.1, 0.15) is 48.4 Å². The molecule has 0 aromatic heterocycles. The van der Waals surface area contributed by atoms with E-state index >= 15 is 0 Å². The van der Waals surface area contributed by atoms with Gasteiger partial charge in [-0.25, -0.2) is 4.79 Å². The van der Waals surface area contributed by atoms with Crippen LogP contribution in [0.5, 0.6) is 0 Å². The Morgan fingerprint density at radius 2 is 1.53 bits per heavy atom. The van der Waals surface area contributed by atoms with Gasteiger partial charge in [-0.2, -0.15) is 0 Å². The number of carboxylic acids is 1. The number of amides is 2. The number of anilines is 2. The van der Waals surface area contributed by atoms with Crippen LogP contribution in [0.3, 0.4) is 0 Å². The Hall–Kier alpha value is -3.58. The SMILES string of the molecule is CC(C)(C)CC(=O)Nc1ccc(SC(C(=O)Nc2cccc(C(=O)O)c2)c2ccccc2)cc1. The monoisotopic (exact) mass is 476 g/mol. The Bertz CT molecular complexity index is 1160. The third-order valence-electron chi connectivity index (χ3n) is 4.80. The molecule has 0 aliphatic rings. The largest absolute Gasteiger partial charge is 0.478 e. The Balaban J connectivity index is 1.75. The predicted molar refractivity (Wildman–Crippen MR) is 136 cm³/mol. The van der Waals surface area contributed by atoms with Crippen molar-refractivity contribution in [2.75, 3.05) is 10.6 Å². The minimum absolute atomic E-state index is 0.0435. The standard InChI is InChI=1S/C27H28N2O4S/c1-27(2,3)17-23(30)28-20-12-14-22(15-13-20)34-24(18-8-5-4-6-9-18)25(31)29-21-11-7-10-19(16-21)26(32)33/h4-16,24H,17H2,1-3H3,(H,28,30)(H,29,31)(H,32,33). The van der Waals surface area contributed by atoms with Crippen LogP contribution >= 0.6 is 11.8 Å². The summed E-state index contributed by atoms with van der Waals surface area (Å²) >= 11 is 1.38. The molecule has 0 heterocycles. The fourth-order valence-electron chi connectivity index (χ4n) is 3.28. The van der Waals surface area contributed by atoms with Crippen molar-refractivity contribution in [2.24, 2.45) is 5.41 Å². The van der Waals surface area contributed by atoms with Gasteiger partial charge < -0.3 is 15.7 Å². The Morgan fingerprint density at radius 3 is 2.15 bits per heavy atom. The first kappa shape index (κ1) is 25.1. The van der Waals surface area contributed by atoms with E-state index in [0.717, 1.165) is 10.5 Å². The fraction of sp³-hybridized carbons (Fsp3) is 0.222. The number of hydrogen-bond donors (Lipinski definition) is 3. The van der Waals surface area contributed by atoms with Crippen molar-refractivity contribution >= 4 is 40.9 Å². The second-order valence-electron chi connectivity index (χ2n) is 9.09. The molecule has 0 radical (unpaired) electrons. The fourth-order valence-corrected chi connectivity index (χ4v) is 4.30. The molecule has 0 bridgehead atoms. The molecule has 1 atom stereocenters. The molecule has 0 fully saturated rings. The van der Waals surface area contributed by atoms with Crippen LogP contribution in [0, 0.1) is 5.41 Å². The molecule has 3 aromatic rings. The molecule has 0 spiro atoms. The van der Waals surface area contributed by atoms with E-state index in [9.17, 15) is 19.5 Å². The van der Waals surface area contributed by atoms with Gasteiger partial charge in [0.1, 0.15) is 5.25 Å². The molecule has 0 saturated heterocycles. The minimum Gasteiger partial charge on any atom is -0.478 e. The van der Waals surface area contributed by atoms with Gasteiger partial charge in [-0.15, -0.1) is 11.8 Å². The molecular formula is C27H28N2O4S. The first-order valence-electron chi connectivity index (χ1n) is 10.9. The molecule has 176 valence electrons. The van der Waals surface area contributed by atoms with E-state index in [0.29, 0.717) is 17.8 Å². The predicted octanol–water partition coefficient (Wildman–Crippen LogP) is 6.23. The number of rotatable bonds is 8. The van der Waals surface area contributed by atoms with E-state index in [1.165, 1.54) is 23.9 Å². The minimum atomic E-state index is -1.06. The molecule has 0 aliphatic heterocycles. The summed E-state index contributed by atoms with van der Waals surface area (Å²) in [7, 11) is 0. The van der Waals surface area contributed by atoms with Crippen molar-refractivity contribution in [1.29, 1.82) is 0 Å². The number of hydrogen-bond acceptors (Lipinski definition) is 4. The third-order valence-corrected chi connectivity index (χ3v) is 6.07. The van der Waals surface area contributed by atoms with Crippen LogP contribution in [0.15, 0.2) is 83.8 Å². The van der Waals surface area contributed by atoms with E-state index in [1.807, 2.05) is 75.4 Å². The van der Waals surface area contributed by atoms with Gasteiger partial charge in [-0.05, 0) is 53.4 Å². The average molecular weight is 477 g/mol. The zero-order valence-corrected chi connectivity index (χ0v) is 20.2. The number of carbonyl (C=O) groups excluding carboxylic acids is 2. The summed E-state index contributed by atoms with van der Waals surface area (Å²) < 4.78 is 0. The Labute approximate surface area is 203 Å². The van der Waals surface area contributed by atoms with Gasteiger partial charge in [0.25, 0.3) is 0 Å². The summed E-state index contributed by atoms with van der Waals surface area (Å²) in [6, 6.07) is 22.9. The summed E-state index contributed by atoms with van der Waals surface area (Å²) in [6.07, 6.45) is 0.419. The van der Waals surface area contributed by atoms with Crippen molar-refractivity contribution in [1.82, 2.24) is 0 Å². The third kappa shape index (κ3) is 7.49. The van der Waals surface area contributed by atoms with Crippen LogP contribution in [-0.2, 0) is 9.59 Å². The lowest BCUT2D eigenvalue weighted by Gasteiger charge is -2.18. The summed E-state index contributed by atoms with van der Waals surface area (Å²) in [5, 5.41) is 14.4. The first-order chi connectivity index (χ1) is 16.1. The van der Waals surface area contributed by atoms with Crippen LogP contribution in [0.4, 0.5) is 11.4 Å². The second-order valence-corrected chi connectivity index (χ2v) is 10.3. The number of carboxylic acid groups (broad SMARTS) is 1. The van der Waals surface area contributed by atoms with Crippen molar-refractivity contribution in [2.45, 2.75) is 37.3 Å². The summed E-state index contributed by atoms with van der Waals surface area (Å²) in [4.78, 5) is 37.5. The molecule has 7 heteroatoms. The van der Waals surface area contributed by atoms with Gasteiger partial charge in [-0.3, -0.25) is 9.59 Å².